The molecule has 78 valence electrons. The molecule has 0 aliphatic heterocycles. The standard InChI is InChI=1S/C12H20N2/c1-8(2)10-7-13-14-11(9(10)3)12(4,5)6/h7-8H,1-6H3. The Kier molecular flexibility index (Phi) is 2.93. The second-order valence-electron chi connectivity index (χ2n) is 5.18. The zero-order chi connectivity index (χ0) is 10.9. The molecule has 0 aliphatic rings. The van der Waals surface area contributed by atoms with Gasteiger partial charge in [-0.05, 0) is 24.0 Å². The van der Waals surface area contributed by atoms with Crippen LogP contribution < -0.4 is 0 Å². The largest absolute Gasteiger partial charge is 0.159 e. The SMILES string of the molecule is Cc1c(C(C)C)cnnc1C(C)(C)C. The molecular formula is C12H20N2. The number of rotatable bonds is 1. The molecule has 1 rings (SSSR count). The molecule has 0 fully saturated rings. The molecule has 0 atom stereocenters. The van der Waals surface area contributed by atoms with E-state index in [1.54, 1.807) is 0 Å². The highest BCUT2D eigenvalue weighted by Crippen LogP contribution is 2.27. The van der Waals surface area contributed by atoms with Crippen molar-refractivity contribution in [2.75, 3.05) is 0 Å². The lowest BCUT2D eigenvalue weighted by Gasteiger charge is -2.21. The van der Waals surface area contributed by atoms with Gasteiger partial charge in [0.25, 0.3) is 0 Å². The lowest BCUT2D eigenvalue weighted by Crippen LogP contribution is -2.17. The molecule has 1 aromatic heterocycles. The lowest BCUT2D eigenvalue weighted by atomic mass is 9.86. The van der Waals surface area contributed by atoms with Crippen molar-refractivity contribution < 1.29 is 0 Å². The Labute approximate surface area is 86.8 Å². The molecular weight excluding hydrogens is 172 g/mol. The molecule has 0 amide bonds. The summed E-state index contributed by atoms with van der Waals surface area (Å²) < 4.78 is 0. The van der Waals surface area contributed by atoms with Crippen LogP contribution in [0.3, 0.4) is 0 Å². The lowest BCUT2D eigenvalue weighted by molar-refractivity contribution is 0.550. The fourth-order valence-electron chi connectivity index (χ4n) is 1.75. The van der Waals surface area contributed by atoms with Gasteiger partial charge < -0.3 is 0 Å². The first-order valence-electron chi connectivity index (χ1n) is 5.16. The molecule has 1 aromatic rings. The van der Waals surface area contributed by atoms with E-state index in [9.17, 15) is 0 Å². The highest BCUT2D eigenvalue weighted by Gasteiger charge is 2.20. The van der Waals surface area contributed by atoms with Crippen LogP contribution in [0.4, 0.5) is 0 Å². The molecule has 0 aromatic carbocycles. The Morgan fingerprint density at radius 3 is 2.21 bits per heavy atom. The van der Waals surface area contributed by atoms with Gasteiger partial charge in [-0.1, -0.05) is 34.6 Å². The zero-order valence-corrected chi connectivity index (χ0v) is 10.0. The molecule has 0 bridgehead atoms. The second-order valence-corrected chi connectivity index (χ2v) is 5.18. The summed E-state index contributed by atoms with van der Waals surface area (Å²) >= 11 is 0. The van der Waals surface area contributed by atoms with Crippen molar-refractivity contribution in [1.82, 2.24) is 10.2 Å². The summed E-state index contributed by atoms with van der Waals surface area (Å²) in [6.45, 7) is 13.0. The molecule has 0 aliphatic carbocycles. The fraction of sp³-hybridized carbons (Fsp3) is 0.667. The highest BCUT2D eigenvalue weighted by atomic mass is 15.1. The molecule has 0 radical (unpaired) electrons. The molecule has 0 saturated carbocycles. The average molecular weight is 192 g/mol. The van der Waals surface area contributed by atoms with E-state index in [0.717, 1.165) is 5.69 Å². The molecule has 0 N–H and O–H groups in total. The van der Waals surface area contributed by atoms with E-state index in [1.165, 1.54) is 11.1 Å². The Balaban J connectivity index is 3.28. The third kappa shape index (κ3) is 2.11. The molecule has 2 nitrogen and oxygen atoms in total. The molecule has 0 unspecified atom stereocenters. The van der Waals surface area contributed by atoms with E-state index in [-0.39, 0.29) is 5.41 Å². The van der Waals surface area contributed by atoms with Gasteiger partial charge in [0.2, 0.25) is 0 Å². The molecule has 0 saturated heterocycles. The Hall–Kier alpha value is -0.920. The van der Waals surface area contributed by atoms with Gasteiger partial charge in [0.05, 0.1) is 11.9 Å². The third-order valence-corrected chi connectivity index (χ3v) is 2.48. The van der Waals surface area contributed by atoms with Crippen LogP contribution in [0, 0.1) is 6.92 Å². The minimum atomic E-state index is 0.0853. The van der Waals surface area contributed by atoms with Crippen LogP contribution in [0.15, 0.2) is 6.20 Å². The van der Waals surface area contributed by atoms with Gasteiger partial charge in [-0.15, -0.1) is 0 Å². The van der Waals surface area contributed by atoms with Crippen molar-refractivity contribution in [1.29, 1.82) is 0 Å². The summed E-state index contributed by atoms with van der Waals surface area (Å²) in [4.78, 5) is 0. The first-order chi connectivity index (χ1) is 6.34. The van der Waals surface area contributed by atoms with Gasteiger partial charge in [0, 0.05) is 5.41 Å². The summed E-state index contributed by atoms with van der Waals surface area (Å²) in [5.41, 5.74) is 3.80. The minimum Gasteiger partial charge on any atom is -0.159 e. The zero-order valence-electron chi connectivity index (χ0n) is 10.0. The first-order valence-corrected chi connectivity index (χ1v) is 5.16. The van der Waals surface area contributed by atoms with E-state index in [1.807, 2.05) is 6.20 Å². The summed E-state index contributed by atoms with van der Waals surface area (Å²) in [5, 5.41) is 8.33. The van der Waals surface area contributed by atoms with E-state index in [4.69, 9.17) is 0 Å². The van der Waals surface area contributed by atoms with Crippen LogP contribution in [0.2, 0.25) is 0 Å². The second kappa shape index (κ2) is 3.68. The molecule has 1 heterocycles. The minimum absolute atomic E-state index is 0.0853. The Morgan fingerprint density at radius 2 is 1.79 bits per heavy atom. The van der Waals surface area contributed by atoms with Gasteiger partial charge in [-0.25, -0.2) is 0 Å². The quantitative estimate of drug-likeness (QED) is 0.683. The maximum Gasteiger partial charge on any atom is 0.0716 e. The van der Waals surface area contributed by atoms with Gasteiger partial charge in [-0.3, -0.25) is 0 Å². The maximum atomic E-state index is 4.24. The van der Waals surface area contributed by atoms with Crippen molar-refractivity contribution in [2.45, 2.75) is 52.9 Å². The number of aromatic nitrogens is 2. The predicted octanol–water partition coefficient (Wildman–Crippen LogP) is 3.21. The van der Waals surface area contributed by atoms with Crippen LogP contribution >= 0.6 is 0 Å². The van der Waals surface area contributed by atoms with Crippen LogP contribution in [-0.2, 0) is 5.41 Å². The molecule has 0 spiro atoms. The van der Waals surface area contributed by atoms with Gasteiger partial charge in [0.1, 0.15) is 0 Å². The van der Waals surface area contributed by atoms with Gasteiger partial charge in [0.15, 0.2) is 0 Å². The van der Waals surface area contributed by atoms with Crippen molar-refractivity contribution in [3.63, 3.8) is 0 Å². The first kappa shape index (κ1) is 11.2. The average Bonchev–Trinajstić information content (AvgIpc) is 2.01. The van der Waals surface area contributed by atoms with E-state index < -0.39 is 0 Å². The van der Waals surface area contributed by atoms with Crippen molar-refractivity contribution in [3.8, 4) is 0 Å². The van der Waals surface area contributed by atoms with Crippen molar-refractivity contribution >= 4 is 0 Å². The van der Waals surface area contributed by atoms with Crippen molar-refractivity contribution in [2.24, 2.45) is 0 Å². The third-order valence-electron chi connectivity index (χ3n) is 2.48. The number of hydrogen-bond donors (Lipinski definition) is 0. The van der Waals surface area contributed by atoms with Crippen LogP contribution in [0.5, 0.6) is 0 Å². The highest BCUT2D eigenvalue weighted by molar-refractivity contribution is 5.32. The monoisotopic (exact) mass is 192 g/mol. The van der Waals surface area contributed by atoms with Crippen LogP contribution in [0.25, 0.3) is 0 Å². The number of nitrogens with zero attached hydrogens (tertiary/aromatic N) is 2. The smallest absolute Gasteiger partial charge is 0.0716 e. The topological polar surface area (TPSA) is 25.8 Å². The van der Waals surface area contributed by atoms with Gasteiger partial charge >= 0.3 is 0 Å². The maximum absolute atomic E-state index is 4.24. The van der Waals surface area contributed by atoms with Crippen LogP contribution in [0.1, 0.15) is 57.4 Å². The van der Waals surface area contributed by atoms with E-state index in [2.05, 4.69) is 51.7 Å². The molecule has 14 heavy (non-hydrogen) atoms. The summed E-state index contributed by atoms with van der Waals surface area (Å²) in [7, 11) is 0. The summed E-state index contributed by atoms with van der Waals surface area (Å²) in [6.07, 6.45) is 1.88. The van der Waals surface area contributed by atoms with E-state index >= 15 is 0 Å². The fourth-order valence-corrected chi connectivity index (χ4v) is 1.75. The van der Waals surface area contributed by atoms with Crippen LogP contribution in [-0.4, -0.2) is 10.2 Å². The van der Waals surface area contributed by atoms with E-state index in [0.29, 0.717) is 5.92 Å². The summed E-state index contributed by atoms with van der Waals surface area (Å²) in [6, 6.07) is 0. The normalized spacial score (nSPS) is 12.2. The van der Waals surface area contributed by atoms with Crippen molar-refractivity contribution in [3.05, 3.63) is 23.0 Å². The Morgan fingerprint density at radius 1 is 1.21 bits per heavy atom. The summed E-state index contributed by atoms with van der Waals surface area (Å²) in [5.74, 6) is 0.520. The predicted molar refractivity (Wildman–Crippen MR) is 59.6 cm³/mol. The molecule has 2 heteroatoms. The Bertz CT molecular complexity index is 322. The van der Waals surface area contributed by atoms with Gasteiger partial charge in [-0.2, -0.15) is 10.2 Å². The number of hydrogen-bond acceptors (Lipinski definition) is 2.